The molecule has 0 saturated heterocycles. The third-order valence-corrected chi connectivity index (χ3v) is 3.88. The summed E-state index contributed by atoms with van der Waals surface area (Å²) in [6.45, 7) is 0. The summed E-state index contributed by atoms with van der Waals surface area (Å²) in [5.74, 6) is -0.0899. The highest BCUT2D eigenvalue weighted by Crippen LogP contribution is 2.44. The highest BCUT2D eigenvalue weighted by molar-refractivity contribution is 6.13. The average Bonchev–Trinajstić information content (AvgIpc) is 2.79. The summed E-state index contributed by atoms with van der Waals surface area (Å²) in [5.41, 5.74) is 4.31. The van der Waals surface area contributed by atoms with Crippen molar-refractivity contribution in [3.8, 4) is 6.07 Å². The third kappa shape index (κ3) is 1.25. The summed E-state index contributed by atoms with van der Waals surface area (Å²) < 4.78 is 0. The lowest BCUT2D eigenvalue weighted by Gasteiger charge is -2.29. The van der Waals surface area contributed by atoms with Crippen molar-refractivity contribution in [2.24, 2.45) is 0 Å². The quantitative estimate of drug-likeness (QED) is 0.728. The van der Waals surface area contributed by atoms with Gasteiger partial charge in [0.05, 0.1) is 11.8 Å². The first-order chi connectivity index (χ1) is 9.81. The predicted octanol–water partition coefficient (Wildman–Crippen LogP) is 3.22. The minimum atomic E-state index is -0.550. The van der Waals surface area contributed by atoms with Crippen LogP contribution in [0.4, 0.5) is 0 Å². The zero-order valence-electron chi connectivity index (χ0n) is 10.6. The Labute approximate surface area is 116 Å². The van der Waals surface area contributed by atoms with E-state index in [2.05, 4.69) is 6.07 Å². The van der Waals surface area contributed by atoms with Crippen LogP contribution in [0.5, 0.6) is 0 Å². The zero-order valence-corrected chi connectivity index (χ0v) is 10.6. The van der Waals surface area contributed by atoms with Crippen molar-refractivity contribution < 1.29 is 4.79 Å². The molecule has 0 saturated carbocycles. The Hall–Kier alpha value is -2.86. The van der Waals surface area contributed by atoms with E-state index in [9.17, 15) is 10.1 Å². The molecule has 3 nitrogen and oxygen atoms in total. The maximum atomic E-state index is 12.5. The highest BCUT2D eigenvalue weighted by Gasteiger charge is 2.40. The Balaban J connectivity index is 2.03. The summed E-state index contributed by atoms with van der Waals surface area (Å²) in [7, 11) is 0. The second-order valence-electron chi connectivity index (χ2n) is 4.91. The van der Waals surface area contributed by atoms with E-state index < -0.39 is 6.04 Å². The van der Waals surface area contributed by atoms with Crippen molar-refractivity contribution in [1.82, 2.24) is 4.90 Å². The number of hydrogen-bond acceptors (Lipinski definition) is 2. The summed E-state index contributed by atoms with van der Waals surface area (Å²) in [6, 6.07) is 17.0. The molecule has 0 aromatic heterocycles. The molecule has 2 aromatic rings. The summed E-state index contributed by atoms with van der Waals surface area (Å²) >= 11 is 0. The third-order valence-electron chi connectivity index (χ3n) is 3.88. The van der Waals surface area contributed by atoms with Crippen LogP contribution in [0.2, 0.25) is 0 Å². The van der Waals surface area contributed by atoms with Crippen LogP contribution in [-0.4, -0.2) is 10.8 Å². The van der Waals surface area contributed by atoms with Gasteiger partial charge in [-0.15, -0.1) is 0 Å². The van der Waals surface area contributed by atoms with Crippen molar-refractivity contribution >= 4 is 17.7 Å². The van der Waals surface area contributed by atoms with Gasteiger partial charge in [-0.05, 0) is 23.3 Å². The minimum absolute atomic E-state index is 0.0899. The molecule has 2 aliphatic rings. The van der Waals surface area contributed by atoms with Crippen LogP contribution in [0.3, 0.4) is 0 Å². The van der Waals surface area contributed by atoms with Gasteiger partial charge in [0.15, 0.2) is 0 Å². The van der Waals surface area contributed by atoms with Gasteiger partial charge in [0, 0.05) is 11.1 Å². The van der Waals surface area contributed by atoms with Crippen LogP contribution in [-0.2, 0) is 0 Å². The van der Waals surface area contributed by atoms with E-state index in [4.69, 9.17) is 0 Å². The Kier molecular flexibility index (Phi) is 2.10. The maximum Gasteiger partial charge on any atom is 0.260 e. The fourth-order valence-corrected chi connectivity index (χ4v) is 2.97. The molecule has 0 spiro atoms. The van der Waals surface area contributed by atoms with Gasteiger partial charge in [-0.25, -0.2) is 0 Å². The maximum absolute atomic E-state index is 12.5. The number of nitriles is 1. The van der Waals surface area contributed by atoms with Gasteiger partial charge in [-0.2, -0.15) is 5.26 Å². The standard InChI is InChI=1S/C17H10N2O/c18-10-16-12-6-2-1-5-11(12)9-15-13-7-3-4-8-14(13)17(20)19(15)16/h1-9,16H. The van der Waals surface area contributed by atoms with Crippen LogP contribution in [0, 0.1) is 11.3 Å². The minimum Gasteiger partial charge on any atom is -0.287 e. The number of nitrogens with zero attached hydrogens (tertiary/aromatic N) is 2. The van der Waals surface area contributed by atoms with Gasteiger partial charge in [0.2, 0.25) is 0 Å². The van der Waals surface area contributed by atoms with Gasteiger partial charge < -0.3 is 0 Å². The summed E-state index contributed by atoms with van der Waals surface area (Å²) in [5, 5.41) is 9.51. The van der Waals surface area contributed by atoms with Crippen LogP contribution in [0.1, 0.15) is 33.1 Å². The highest BCUT2D eigenvalue weighted by atomic mass is 16.2. The van der Waals surface area contributed by atoms with Crippen molar-refractivity contribution in [2.75, 3.05) is 0 Å². The van der Waals surface area contributed by atoms with Crippen LogP contribution < -0.4 is 0 Å². The normalized spacial score (nSPS) is 18.8. The molecular weight excluding hydrogens is 248 g/mol. The molecule has 0 N–H and O–H groups in total. The van der Waals surface area contributed by atoms with Crippen LogP contribution in [0.25, 0.3) is 11.8 Å². The van der Waals surface area contributed by atoms with Crippen molar-refractivity contribution in [3.05, 3.63) is 70.8 Å². The predicted molar refractivity (Wildman–Crippen MR) is 75.3 cm³/mol. The SMILES string of the molecule is N#CC1c2ccccc2C=C2c3ccccc3C(=O)N21. The van der Waals surface area contributed by atoms with Crippen molar-refractivity contribution in [1.29, 1.82) is 5.26 Å². The van der Waals surface area contributed by atoms with Crippen LogP contribution in [0.15, 0.2) is 48.5 Å². The Morgan fingerprint density at radius 2 is 1.70 bits per heavy atom. The van der Waals surface area contributed by atoms with Gasteiger partial charge >= 0.3 is 0 Å². The molecule has 2 heterocycles. The smallest absolute Gasteiger partial charge is 0.260 e. The molecular formula is C17H10N2O. The fraction of sp³-hybridized carbons (Fsp3) is 0.0588. The lowest BCUT2D eigenvalue weighted by molar-refractivity contribution is 0.0826. The molecule has 2 aliphatic heterocycles. The molecule has 4 rings (SSSR count). The van der Waals surface area contributed by atoms with Crippen LogP contribution >= 0.6 is 0 Å². The number of fused-ring (bicyclic) bond motifs is 4. The van der Waals surface area contributed by atoms with Gasteiger partial charge in [-0.3, -0.25) is 9.69 Å². The van der Waals surface area contributed by atoms with E-state index in [1.807, 2.05) is 54.6 Å². The number of amides is 1. The fourth-order valence-electron chi connectivity index (χ4n) is 2.97. The molecule has 0 radical (unpaired) electrons. The molecule has 1 amide bonds. The molecule has 1 unspecified atom stereocenters. The monoisotopic (exact) mass is 258 g/mol. The van der Waals surface area contributed by atoms with E-state index >= 15 is 0 Å². The molecule has 0 aliphatic carbocycles. The summed E-state index contributed by atoms with van der Waals surface area (Å²) in [4.78, 5) is 14.1. The van der Waals surface area contributed by atoms with E-state index in [1.54, 1.807) is 4.90 Å². The van der Waals surface area contributed by atoms with E-state index in [0.717, 1.165) is 22.4 Å². The van der Waals surface area contributed by atoms with E-state index in [1.165, 1.54) is 0 Å². The molecule has 2 aromatic carbocycles. The number of rotatable bonds is 0. The molecule has 94 valence electrons. The van der Waals surface area contributed by atoms with E-state index in [-0.39, 0.29) is 5.91 Å². The molecule has 20 heavy (non-hydrogen) atoms. The Morgan fingerprint density at radius 3 is 2.50 bits per heavy atom. The topological polar surface area (TPSA) is 44.1 Å². The molecule has 0 bridgehead atoms. The first-order valence-corrected chi connectivity index (χ1v) is 6.44. The van der Waals surface area contributed by atoms with Crippen molar-refractivity contribution in [2.45, 2.75) is 6.04 Å². The number of carbonyl (C=O) groups excluding carboxylic acids is 1. The van der Waals surface area contributed by atoms with Gasteiger partial charge in [0.1, 0.15) is 6.04 Å². The lowest BCUT2D eigenvalue weighted by atomic mass is 9.94. The van der Waals surface area contributed by atoms with Gasteiger partial charge in [-0.1, -0.05) is 42.5 Å². The number of benzene rings is 2. The number of hydrogen-bond donors (Lipinski definition) is 0. The largest absolute Gasteiger partial charge is 0.287 e. The lowest BCUT2D eigenvalue weighted by Crippen LogP contribution is -2.30. The second kappa shape index (κ2) is 3.82. The van der Waals surface area contributed by atoms with Gasteiger partial charge in [0.25, 0.3) is 5.91 Å². The zero-order chi connectivity index (χ0) is 13.7. The number of carbonyl (C=O) groups is 1. The molecule has 3 heteroatoms. The second-order valence-corrected chi connectivity index (χ2v) is 4.91. The first-order valence-electron chi connectivity index (χ1n) is 6.44. The van der Waals surface area contributed by atoms with E-state index in [0.29, 0.717) is 5.56 Å². The molecule has 1 atom stereocenters. The Bertz CT molecular complexity index is 814. The Morgan fingerprint density at radius 1 is 1.00 bits per heavy atom. The average molecular weight is 258 g/mol. The van der Waals surface area contributed by atoms with Crippen molar-refractivity contribution in [3.63, 3.8) is 0 Å². The first kappa shape index (κ1) is 11.0. The summed E-state index contributed by atoms with van der Waals surface area (Å²) in [6.07, 6.45) is 1.99. The molecule has 0 fully saturated rings.